The highest BCUT2D eigenvalue weighted by molar-refractivity contribution is 5.69. The van der Waals surface area contributed by atoms with Crippen LogP contribution in [-0.4, -0.2) is 72.6 Å². The molecule has 0 radical (unpaired) electrons. The van der Waals surface area contributed by atoms with Gasteiger partial charge in [0, 0.05) is 26.0 Å². The van der Waals surface area contributed by atoms with E-state index in [2.05, 4.69) is 32.6 Å². The van der Waals surface area contributed by atoms with Gasteiger partial charge in [0.1, 0.15) is 0 Å². The molecule has 0 aromatic heterocycles. The van der Waals surface area contributed by atoms with Gasteiger partial charge in [0.2, 0.25) is 0 Å². The van der Waals surface area contributed by atoms with Gasteiger partial charge in [-0.1, -0.05) is 175 Å². The van der Waals surface area contributed by atoms with E-state index >= 15 is 0 Å². The van der Waals surface area contributed by atoms with Crippen LogP contribution in [0.3, 0.4) is 0 Å². The zero-order valence-corrected chi connectivity index (χ0v) is 37.3. The van der Waals surface area contributed by atoms with E-state index in [0.717, 1.165) is 77.3 Å². The van der Waals surface area contributed by atoms with Crippen molar-refractivity contribution in [2.45, 2.75) is 246 Å². The molecule has 0 heterocycles. The Hall–Kier alpha value is -1.18. The average molecular weight is 782 g/mol. The number of nitrogens with zero attached hydrogens (tertiary/aromatic N) is 1. The van der Waals surface area contributed by atoms with E-state index in [1.54, 1.807) is 0 Å². The van der Waals surface area contributed by atoms with Crippen LogP contribution in [0.2, 0.25) is 0 Å². The van der Waals surface area contributed by atoms with Crippen LogP contribution in [0.5, 0.6) is 0 Å². The van der Waals surface area contributed by atoms with Crippen LogP contribution >= 0.6 is 0 Å². The fourth-order valence-electron chi connectivity index (χ4n) is 7.87. The Morgan fingerprint density at radius 3 is 1.29 bits per heavy atom. The maximum Gasteiger partial charge on any atom is 0.305 e. The zero-order valence-electron chi connectivity index (χ0n) is 37.3. The second kappa shape index (κ2) is 42.4. The summed E-state index contributed by atoms with van der Waals surface area (Å²) < 4.78 is 11.3. The molecular formula is C48H95NO6. The van der Waals surface area contributed by atoms with Crippen LogP contribution in [0, 0.1) is 11.8 Å². The Labute approximate surface area is 342 Å². The highest BCUT2D eigenvalue weighted by Crippen LogP contribution is 2.23. The molecule has 0 aromatic carbocycles. The minimum Gasteiger partial charge on any atom is -0.466 e. The van der Waals surface area contributed by atoms with Gasteiger partial charge in [0.25, 0.3) is 0 Å². The molecule has 0 aromatic rings. The number of rotatable bonds is 44. The second-order valence-electron chi connectivity index (χ2n) is 16.9. The molecule has 0 fully saturated rings. The van der Waals surface area contributed by atoms with Crippen molar-refractivity contribution in [1.82, 2.24) is 4.90 Å². The van der Waals surface area contributed by atoms with Crippen LogP contribution < -0.4 is 0 Å². The number of esters is 2. The highest BCUT2D eigenvalue weighted by Gasteiger charge is 2.15. The van der Waals surface area contributed by atoms with Crippen LogP contribution in [0.4, 0.5) is 0 Å². The Kier molecular flexibility index (Phi) is 41.5. The molecule has 55 heavy (non-hydrogen) atoms. The first-order valence-corrected chi connectivity index (χ1v) is 24.2. The van der Waals surface area contributed by atoms with E-state index in [0.29, 0.717) is 50.9 Å². The number of aliphatic hydroxyl groups is 2. The molecule has 0 rings (SSSR count). The van der Waals surface area contributed by atoms with Crippen molar-refractivity contribution in [3.63, 3.8) is 0 Å². The summed E-state index contributed by atoms with van der Waals surface area (Å²) in [6.07, 6.45) is 36.3. The Balaban J connectivity index is 4.29. The first-order chi connectivity index (χ1) is 26.9. The molecule has 0 saturated carbocycles. The summed E-state index contributed by atoms with van der Waals surface area (Å²) >= 11 is 0. The summed E-state index contributed by atoms with van der Waals surface area (Å²) in [5.41, 5.74) is 0. The van der Waals surface area contributed by atoms with E-state index in [4.69, 9.17) is 9.47 Å². The molecule has 2 N–H and O–H groups in total. The van der Waals surface area contributed by atoms with Crippen LogP contribution in [0.15, 0.2) is 0 Å². The lowest BCUT2D eigenvalue weighted by molar-refractivity contribution is -0.145. The molecule has 7 heteroatoms. The first kappa shape index (κ1) is 53.8. The number of ether oxygens (including phenoxy) is 2. The average Bonchev–Trinajstić information content (AvgIpc) is 3.17. The number of hydrogen-bond donors (Lipinski definition) is 2. The van der Waals surface area contributed by atoms with Gasteiger partial charge in [-0.25, -0.2) is 0 Å². The van der Waals surface area contributed by atoms with E-state index in [-0.39, 0.29) is 18.5 Å². The molecule has 0 saturated heterocycles. The summed E-state index contributed by atoms with van der Waals surface area (Å²) in [6, 6.07) is 0. The zero-order chi connectivity index (χ0) is 40.5. The van der Waals surface area contributed by atoms with Crippen LogP contribution in [0.1, 0.15) is 240 Å². The van der Waals surface area contributed by atoms with Crippen LogP contribution in [0.25, 0.3) is 0 Å². The third kappa shape index (κ3) is 38.1. The standard InChI is InChI=1S/C48H95NO6/c1-5-9-13-15-21-31-44(29-19-11-7-3)36-41-54-47(52)34-23-17-18-26-38-49(39-27-28-40-50)43-46(51)33-24-25-35-48(53)55-42-37-45(30-20-12-8-4)32-22-16-14-10-6-2/h44-46,50-51H,5-43H2,1-4H3. The van der Waals surface area contributed by atoms with Crippen molar-refractivity contribution >= 4 is 11.9 Å². The van der Waals surface area contributed by atoms with Crippen LogP contribution in [-0.2, 0) is 19.1 Å². The summed E-state index contributed by atoms with van der Waals surface area (Å²) in [6.45, 7) is 12.7. The molecule has 0 aliphatic heterocycles. The lowest BCUT2D eigenvalue weighted by Crippen LogP contribution is -2.34. The molecule has 3 atom stereocenters. The van der Waals surface area contributed by atoms with Gasteiger partial charge < -0.3 is 24.6 Å². The molecule has 0 spiro atoms. The van der Waals surface area contributed by atoms with E-state index in [1.165, 1.54) is 128 Å². The van der Waals surface area contributed by atoms with Gasteiger partial charge >= 0.3 is 11.9 Å². The minimum absolute atomic E-state index is 0.0489. The number of unbranched alkanes of at least 4 members (excludes halogenated alkanes) is 17. The molecule has 0 bridgehead atoms. The van der Waals surface area contributed by atoms with Crippen molar-refractivity contribution in [1.29, 1.82) is 0 Å². The Morgan fingerprint density at radius 2 is 0.818 bits per heavy atom. The van der Waals surface area contributed by atoms with Gasteiger partial charge in [-0.15, -0.1) is 0 Å². The summed E-state index contributed by atoms with van der Waals surface area (Å²) in [5.74, 6) is 1.21. The maximum atomic E-state index is 12.4. The molecule has 0 aliphatic carbocycles. The van der Waals surface area contributed by atoms with Crippen molar-refractivity contribution in [3.05, 3.63) is 0 Å². The minimum atomic E-state index is -0.423. The maximum absolute atomic E-state index is 12.4. The largest absolute Gasteiger partial charge is 0.466 e. The normalized spacial score (nSPS) is 13.3. The summed E-state index contributed by atoms with van der Waals surface area (Å²) in [7, 11) is 0. The number of carbonyl (C=O) groups excluding carboxylic acids is 2. The summed E-state index contributed by atoms with van der Waals surface area (Å²) in [4.78, 5) is 27.2. The topological polar surface area (TPSA) is 96.3 Å². The molecule has 3 unspecified atom stereocenters. The van der Waals surface area contributed by atoms with Gasteiger partial charge in [-0.05, 0) is 76.3 Å². The Morgan fingerprint density at radius 1 is 0.455 bits per heavy atom. The lowest BCUT2D eigenvalue weighted by atomic mass is 9.92. The third-order valence-corrected chi connectivity index (χ3v) is 11.6. The molecule has 328 valence electrons. The number of carbonyl (C=O) groups is 2. The molecular weight excluding hydrogens is 687 g/mol. The highest BCUT2D eigenvalue weighted by atomic mass is 16.5. The van der Waals surface area contributed by atoms with Crippen molar-refractivity contribution in [3.8, 4) is 0 Å². The van der Waals surface area contributed by atoms with Gasteiger partial charge in [0.15, 0.2) is 0 Å². The SMILES string of the molecule is CCCCCCCC(CCCCC)CCOC(=O)CCCCCCN(CCCCO)CC(O)CCCCC(=O)OCCC(CCCCC)CCCCCCC. The molecule has 0 aliphatic rings. The second-order valence-corrected chi connectivity index (χ2v) is 16.9. The van der Waals surface area contributed by atoms with Crippen molar-refractivity contribution in [2.75, 3.05) is 39.5 Å². The van der Waals surface area contributed by atoms with Gasteiger partial charge in [0.05, 0.1) is 19.3 Å². The van der Waals surface area contributed by atoms with Gasteiger partial charge in [-0.2, -0.15) is 0 Å². The quantitative estimate of drug-likeness (QED) is 0.0469. The summed E-state index contributed by atoms with van der Waals surface area (Å²) in [5, 5.41) is 20.1. The van der Waals surface area contributed by atoms with E-state index < -0.39 is 6.10 Å². The fraction of sp³-hybridized carbons (Fsp3) is 0.958. The molecule has 0 amide bonds. The predicted molar refractivity (Wildman–Crippen MR) is 233 cm³/mol. The van der Waals surface area contributed by atoms with E-state index in [1.807, 2.05) is 0 Å². The predicted octanol–water partition coefficient (Wildman–Crippen LogP) is 12.9. The first-order valence-electron chi connectivity index (χ1n) is 24.2. The monoisotopic (exact) mass is 782 g/mol. The van der Waals surface area contributed by atoms with E-state index in [9.17, 15) is 19.8 Å². The fourth-order valence-corrected chi connectivity index (χ4v) is 7.87. The number of aliphatic hydroxyl groups excluding tert-OH is 2. The van der Waals surface area contributed by atoms with Gasteiger partial charge in [-0.3, -0.25) is 9.59 Å². The molecule has 7 nitrogen and oxygen atoms in total. The van der Waals surface area contributed by atoms with Crippen molar-refractivity contribution in [2.24, 2.45) is 11.8 Å². The lowest BCUT2D eigenvalue weighted by Gasteiger charge is -2.25. The smallest absolute Gasteiger partial charge is 0.305 e. The van der Waals surface area contributed by atoms with Crippen molar-refractivity contribution < 1.29 is 29.3 Å². The Bertz CT molecular complexity index is 809. The number of hydrogen-bond acceptors (Lipinski definition) is 7. The third-order valence-electron chi connectivity index (χ3n) is 11.6.